The van der Waals surface area contributed by atoms with Crippen LogP contribution < -0.4 is 0 Å². The minimum Gasteiger partial charge on any atom is -0.483 e. The van der Waals surface area contributed by atoms with Gasteiger partial charge in [0.05, 0.1) is 12.7 Å². The van der Waals surface area contributed by atoms with E-state index in [1.165, 1.54) is 19.2 Å². The fourth-order valence-corrected chi connectivity index (χ4v) is 3.11. The van der Waals surface area contributed by atoms with Gasteiger partial charge in [-0.05, 0) is 12.1 Å². The average Bonchev–Trinajstić information content (AvgIpc) is 2.51. The monoisotopic (exact) mass is 254 g/mol. The van der Waals surface area contributed by atoms with Crippen LogP contribution in [-0.2, 0) is 14.8 Å². The first-order valence-corrected chi connectivity index (χ1v) is 6.20. The number of ether oxygens (including phenoxy) is 1. The molecule has 1 N–H and O–H groups in total. The van der Waals surface area contributed by atoms with Crippen LogP contribution in [0.15, 0.2) is 29.2 Å². The number of methoxy groups -OCH3 is 1. The lowest BCUT2D eigenvalue weighted by Gasteiger charge is -2.14. The fourth-order valence-electron chi connectivity index (χ4n) is 1.58. The molecule has 0 radical (unpaired) electrons. The normalized spacial score (nSPS) is 16.8. The summed E-state index contributed by atoms with van der Waals surface area (Å²) in [7, 11) is -2.59. The topological polar surface area (TPSA) is 87.5 Å². The molecule has 0 aliphatic carbocycles. The smallest absolute Gasteiger partial charge is 0.269 e. The molecule has 0 bridgehead atoms. The molecule has 0 unspecified atom stereocenters. The molecule has 1 aromatic rings. The molecule has 0 atom stereocenters. The molecule has 90 valence electrons. The molecule has 6 nitrogen and oxygen atoms in total. The van der Waals surface area contributed by atoms with Crippen LogP contribution in [0.1, 0.15) is 10.4 Å². The van der Waals surface area contributed by atoms with Crippen LogP contribution in [-0.4, -0.2) is 38.2 Å². The number of hydrogen-bond acceptors (Lipinski definition) is 5. The Bertz CT molecular complexity index is 594. The minimum atomic E-state index is -3.84. The number of nitrogens with one attached hydrogen (secondary N) is 1. The lowest BCUT2D eigenvalue weighted by molar-refractivity contribution is 0.0879. The number of amides is 1. The first-order valence-electron chi connectivity index (χ1n) is 4.76. The van der Waals surface area contributed by atoms with Crippen LogP contribution in [0.3, 0.4) is 0 Å². The molecule has 0 saturated carbocycles. The van der Waals surface area contributed by atoms with E-state index in [-0.39, 0.29) is 22.9 Å². The van der Waals surface area contributed by atoms with Crippen molar-refractivity contribution < 1.29 is 17.9 Å². The molecule has 0 spiro atoms. The molecule has 1 aliphatic rings. The highest BCUT2D eigenvalue weighted by Crippen LogP contribution is 2.29. The standard InChI is InChI=1S/C10H10N2O4S/c1-16-9(11)6-12-10(13)7-4-2-3-5-8(7)17(12,14)15/h2-5,11H,6H2,1H3. The lowest BCUT2D eigenvalue weighted by Crippen LogP contribution is -2.35. The van der Waals surface area contributed by atoms with Crippen molar-refractivity contribution in [2.24, 2.45) is 0 Å². The third kappa shape index (κ3) is 1.68. The van der Waals surface area contributed by atoms with Gasteiger partial charge in [-0.1, -0.05) is 12.1 Å². The van der Waals surface area contributed by atoms with Crippen LogP contribution in [0.2, 0.25) is 0 Å². The Morgan fingerprint density at radius 1 is 1.41 bits per heavy atom. The van der Waals surface area contributed by atoms with Gasteiger partial charge >= 0.3 is 0 Å². The van der Waals surface area contributed by atoms with Crippen LogP contribution in [0, 0.1) is 5.41 Å². The second-order valence-electron chi connectivity index (χ2n) is 3.44. The maximum absolute atomic E-state index is 12.0. The van der Waals surface area contributed by atoms with E-state index >= 15 is 0 Å². The quantitative estimate of drug-likeness (QED) is 0.613. The van der Waals surface area contributed by atoms with Gasteiger partial charge in [-0.25, -0.2) is 12.7 Å². The van der Waals surface area contributed by atoms with Crippen molar-refractivity contribution in [2.45, 2.75) is 4.90 Å². The number of nitrogens with zero attached hydrogens (tertiary/aromatic N) is 1. The van der Waals surface area contributed by atoms with E-state index < -0.39 is 15.9 Å². The van der Waals surface area contributed by atoms with Crippen LogP contribution in [0.5, 0.6) is 0 Å². The molecular formula is C10H10N2O4S. The van der Waals surface area contributed by atoms with Crippen molar-refractivity contribution >= 4 is 21.8 Å². The first-order chi connectivity index (χ1) is 7.98. The summed E-state index contributed by atoms with van der Waals surface area (Å²) in [5, 5.41) is 7.30. The Kier molecular flexibility index (Phi) is 2.62. The molecule has 17 heavy (non-hydrogen) atoms. The average molecular weight is 254 g/mol. The van der Waals surface area contributed by atoms with E-state index in [2.05, 4.69) is 4.74 Å². The summed E-state index contributed by atoms with van der Waals surface area (Å²) in [6, 6.07) is 5.97. The predicted octanol–water partition coefficient (Wildman–Crippen LogP) is 0.455. The van der Waals surface area contributed by atoms with Crippen molar-refractivity contribution in [3.8, 4) is 0 Å². The van der Waals surface area contributed by atoms with Crippen LogP contribution in [0.4, 0.5) is 0 Å². The summed E-state index contributed by atoms with van der Waals surface area (Å²) >= 11 is 0. The molecule has 0 fully saturated rings. The van der Waals surface area contributed by atoms with Gasteiger partial charge in [0.15, 0.2) is 0 Å². The van der Waals surface area contributed by atoms with E-state index in [0.29, 0.717) is 4.31 Å². The molecule has 7 heteroatoms. The third-order valence-electron chi connectivity index (χ3n) is 2.45. The summed E-state index contributed by atoms with van der Waals surface area (Å²) in [5.41, 5.74) is 0.136. The summed E-state index contributed by atoms with van der Waals surface area (Å²) in [4.78, 5) is 11.8. The zero-order valence-corrected chi connectivity index (χ0v) is 9.82. The largest absolute Gasteiger partial charge is 0.483 e. The maximum Gasteiger partial charge on any atom is 0.269 e. The maximum atomic E-state index is 12.0. The summed E-state index contributed by atoms with van der Waals surface area (Å²) in [6.45, 7) is -0.383. The van der Waals surface area contributed by atoms with E-state index in [9.17, 15) is 13.2 Å². The molecular weight excluding hydrogens is 244 g/mol. The Balaban J connectivity index is 2.48. The van der Waals surface area contributed by atoms with Gasteiger partial charge < -0.3 is 4.74 Å². The van der Waals surface area contributed by atoms with E-state index in [1.54, 1.807) is 12.1 Å². The van der Waals surface area contributed by atoms with Crippen molar-refractivity contribution in [3.05, 3.63) is 29.8 Å². The number of hydrogen-bond donors (Lipinski definition) is 1. The second-order valence-corrected chi connectivity index (χ2v) is 5.27. The first kappa shape index (κ1) is 11.6. The number of benzene rings is 1. The number of sulfonamides is 1. The highest BCUT2D eigenvalue weighted by Gasteiger charge is 2.41. The van der Waals surface area contributed by atoms with Crippen molar-refractivity contribution in [3.63, 3.8) is 0 Å². The third-order valence-corrected chi connectivity index (χ3v) is 4.23. The molecule has 0 saturated heterocycles. The summed E-state index contributed by atoms with van der Waals surface area (Å²) in [6.07, 6.45) is 0. The Labute approximate surface area is 98.4 Å². The van der Waals surface area contributed by atoms with Crippen molar-refractivity contribution in [1.29, 1.82) is 5.41 Å². The highest BCUT2D eigenvalue weighted by molar-refractivity contribution is 7.90. The van der Waals surface area contributed by atoms with Gasteiger partial charge in [0.2, 0.25) is 5.90 Å². The number of carbonyl (C=O) groups is 1. The van der Waals surface area contributed by atoms with Crippen LogP contribution in [0.25, 0.3) is 0 Å². The number of rotatable bonds is 2. The fraction of sp³-hybridized carbons (Fsp3) is 0.200. The van der Waals surface area contributed by atoms with Gasteiger partial charge in [0, 0.05) is 0 Å². The van der Waals surface area contributed by atoms with E-state index in [4.69, 9.17) is 5.41 Å². The van der Waals surface area contributed by atoms with Crippen LogP contribution >= 0.6 is 0 Å². The molecule has 1 amide bonds. The van der Waals surface area contributed by atoms with Gasteiger partial charge in [-0.2, -0.15) is 0 Å². The molecule has 1 aromatic carbocycles. The van der Waals surface area contributed by atoms with E-state index in [0.717, 1.165) is 0 Å². The number of fused-ring (bicyclic) bond motifs is 1. The Morgan fingerprint density at radius 3 is 2.65 bits per heavy atom. The Morgan fingerprint density at radius 2 is 2.06 bits per heavy atom. The zero-order chi connectivity index (χ0) is 12.6. The molecule has 0 aromatic heterocycles. The molecule has 1 aliphatic heterocycles. The zero-order valence-electron chi connectivity index (χ0n) is 9.00. The van der Waals surface area contributed by atoms with Gasteiger partial charge in [0.25, 0.3) is 15.9 Å². The lowest BCUT2D eigenvalue weighted by atomic mass is 10.2. The highest BCUT2D eigenvalue weighted by atomic mass is 32.2. The van der Waals surface area contributed by atoms with Gasteiger partial charge in [-0.3, -0.25) is 10.2 Å². The predicted molar refractivity (Wildman–Crippen MR) is 59.4 cm³/mol. The Hall–Kier alpha value is -1.89. The summed E-state index contributed by atoms with van der Waals surface area (Å²) in [5.74, 6) is -0.905. The molecule has 1 heterocycles. The SMILES string of the molecule is COC(=N)CN1C(=O)c2ccccc2S1(=O)=O. The van der Waals surface area contributed by atoms with E-state index in [1.807, 2.05) is 0 Å². The molecule has 2 rings (SSSR count). The van der Waals surface area contributed by atoms with Gasteiger partial charge in [0.1, 0.15) is 11.4 Å². The number of carbonyl (C=O) groups excluding carboxylic acids is 1. The van der Waals surface area contributed by atoms with Gasteiger partial charge in [-0.15, -0.1) is 0 Å². The minimum absolute atomic E-state index is 0.0195. The van der Waals surface area contributed by atoms with Crippen molar-refractivity contribution in [2.75, 3.05) is 13.7 Å². The van der Waals surface area contributed by atoms with Crippen molar-refractivity contribution in [1.82, 2.24) is 4.31 Å². The second kappa shape index (κ2) is 3.85. The summed E-state index contributed by atoms with van der Waals surface area (Å²) < 4.78 is 29.2.